The molecular formula is C26H31N5O. The van der Waals surface area contributed by atoms with E-state index in [0.717, 1.165) is 57.0 Å². The lowest BCUT2D eigenvalue weighted by Gasteiger charge is -2.41. The molecule has 0 aliphatic carbocycles. The lowest BCUT2D eigenvalue weighted by molar-refractivity contribution is 0.0406. The molecule has 0 amide bonds. The molecule has 166 valence electrons. The molecule has 0 bridgehead atoms. The first-order chi connectivity index (χ1) is 15.5. The molecule has 1 fully saturated rings. The molecule has 1 aliphatic rings. The molecule has 1 aliphatic heterocycles. The molecule has 1 saturated heterocycles. The molecule has 0 unspecified atom stereocenters. The summed E-state index contributed by atoms with van der Waals surface area (Å²) in [6, 6.07) is 12.0. The molecule has 3 heterocycles. The quantitative estimate of drug-likeness (QED) is 0.569. The van der Waals surface area contributed by atoms with E-state index in [1.807, 2.05) is 50.5 Å². The van der Waals surface area contributed by atoms with Crippen LogP contribution in [0.25, 0.3) is 4.85 Å². The Bertz CT molecular complexity index is 1090. The number of rotatable bonds is 7. The van der Waals surface area contributed by atoms with Gasteiger partial charge in [0, 0.05) is 37.8 Å². The van der Waals surface area contributed by atoms with Gasteiger partial charge in [-0.15, -0.1) is 0 Å². The second-order valence-electron chi connectivity index (χ2n) is 9.08. The summed E-state index contributed by atoms with van der Waals surface area (Å²) in [5.74, 6) is 1.00. The predicted molar refractivity (Wildman–Crippen MR) is 125 cm³/mol. The summed E-state index contributed by atoms with van der Waals surface area (Å²) in [6.45, 7) is 15.0. The molecule has 4 rings (SSSR count). The van der Waals surface area contributed by atoms with Crippen molar-refractivity contribution in [2.45, 2.75) is 46.2 Å². The van der Waals surface area contributed by atoms with Crippen LogP contribution in [0.5, 0.6) is 0 Å². The van der Waals surface area contributed by atoms with Crippen molar-refractivity contribution in [2.75, 3.05) is 19.7 Å². The molecule has 1 N–H and O–H groups in total. The monoisotopic (exact) mass is 429 g/mol. The van der Waals surface area contributed by atoms with E-state index in [0.29, 0.717) is 5.69 Å². The number of nitrogens with zero attached hydrogens (tertiary/aromatic N) is 5. The number of hydrogen-bond donors (Lipinski definition) is 1. The second kappa shape index (κ2) is 9.64. The van der Waals surface area contributed by atoms with Crippen molar-refractivity contribution in [1.82, 2.24) is 19.4 Å². The van der Waals surface area contributed by atoms with Crippen LogP contribution in [0.15, 0.2) is 48.8 Å². The number of imidazole rings is 1. The Balaban J connectivity index is 1.40. The van der Waals surface area contributed by atoms with Crippen molar-refractivity contribution in [3.63, 3.8) is 0 Å². The van der Waals surface area contributed by atoms with Crippen LogP contribution in [0, 0.1) is 25.8 Å². The van der Waals surface area contributed by atoms with Crippen molar-refractivity contribution < 1.29 is 5.11 Å². The molecule has 0 radical (unpaired) electrons. The number of aryl methyl sites for hydroxylation is 2. The van der Waals surface area contributed by atoms with Crippen molar-refractivity contribution in [3.8, 4) is 0 Å². The Morgan fingerprint density at radius 1 is 1.03 bits per heavy atom. The Morgan fingerprint density at radius 3 is 2.44 bits per heavy atom. The van der Waals surface area contributed by atoms with Gasteiger partial charge in [-0.05, 0) is 74.9 Å². The first kappa shape index (κ1) is 22.2. The summed E-state index contributed by atoms with van der Waals surface area (Å²) in [7, 11) is 0. The summed E-state index contributed by atoms with van der Waals surface area (Å²) in [4.78, 5) is 14.8. The highest BCUT2D eigenvalue weighted by molar-refractivity contribution is 5.45. The normalized spacial score (nSPS) is 16.1. The number of hydrogen-bond acceptors (Lipinski definition) is 4. The van der Waals surface area contributed by atoms with Crippen molar-refractivity contribution in [2.24, 2.45) is 5.41 Å². The van der Waals surface area contributed by atoms with Crippen LogP contribution < -0.4 is 0 Å². The zero-order chi connectivity index (χ0) is 22.6. The average Bonchev–Trinajstić information content (AvgIpc) is 3.14. The molecule has 0 saturated carbocycles. The van der Waals surface area contributed by atoms with Crippen molar-refractivity contribution in [3.05, 3.63) is 88.5 Å². The third-order valence-corrected chi connectivity index (χ3v) is 6.72. The standard InChI is InChI=1S/C26H31N5O/c1-20-14-23(8-11-28-20)15-26(19-32)9-12-30(13-10-26)18-25-16-29-21(2)31(25)17-22-4-6-24(27-3)7-5-22/h4-8,11,14,16,32H,9-10,12-13,15,17-19H2,1-2H3. The topological polar surface area (TPSA) is 58.5 Å². The molecule has 0 spiro atoms. The number of piperidine rings is 1. The van der Waals surface area contributed by atoms with Gasteiger partial charge < -0.3 is 9.67 Å². The summed E-state index contributed by atoms with van der Waals surface area (Å²) in [5, 5.41) is 10.2. The van der Waals surface area contributed by atoms with Gasteiger partial charge in [0.1, 0.15) is 5.82 Å². The molecule has 1 aromatic carbocycles. The summed E-state index contributed by atoms with van der Waals surface area (Å²) in [5.41, 5.74) is 5.28. The maximum atomic E-state index is 10.2. The third kappa shape index (κ3) is 5.07. The van der Waals surface area contributed by atoms with Crippen molar-refractivity contribution >= 4 is 5.69 Å². The summed E-state index contributed by atoms with van der Waals surface area (Å²) < 4.78 is 2.26. The van der Waals surface area contributed by atoms with Gasteiger partial charge in [0.25, 0.3) is 0 Å². The minimum atomic E-state index is -0.0505. The SMILES string of the molecule is [C-]#[N+]c1ccc(Cn2c(CN3CCC(CO)(Cc4ccnc(C)c4)CC3)cnc2C)cc1. The van der Waals surface area contributed by atoms with Gasteiger partial charge in [-0.2, -0.15) is 0 Å². The van der Waals surface area contributed by atoms with Gasteiger partial charge >= 0.3 is 0 Å². The minimum Gasteiger partial charge on any atom is -0.396 e. The van der Waals surface area contributed by atoms with Crippen LogP contribution in [0.3, 0.4) is 0 Å². The summed E-state index contributed by atoms with van der Waals surface area (Å²) >= 11 is 0. The van der Waals surface area contributed by atoms with E-state index < -0.39 is 0 Å². The Hall–Kier alpha value is -3.01. The number of likely N-dealkylation sites (tertiary alicyclic amines) is 1. The van der Waals surface area contributed by atoms with Crippen LogP contribution in [-0.2, 0) is 19.5 Å². The largest absolute Gasteiger partial charge is 0.396 e. The second-order valence-corrected chi connectivity index (χ2v) is 9.08. The number of aromatic nitrogens is 3. The Labute approximate surface area is 190 Å². The maximum absolute atomic E-state index is 10.2. The van der Waals surface area contributed by atoms with Crippen LogP contribution in [0.4, 0.5) is 5.69 Å². The third-order valence-electron chi connectivity index (χ3n) is 6.72. The van der Waals surface area contributed by atoms with Gasteiger partial charge in [-0.25, -0.2) is 9.83 Å². The van der Waals surface area contributed by atoms with E-state index in [2.05, 4.69) is 36.4 Å². The maximum Gasteiger partial charge on any atom is 0.187 e. The highest BCUT2D eigenvalue weighted by Crippen LogP contribution is 2.35. The number of pyridine rings is 1. The fourth-order valence-corrected chi connectivity index (χ4v) is 4.67. The number of aliphatic hydroxyl groups is 1. The van der Waals surface area contributed by atoms with Crippen LogP contribution >= 0.6 is 0 Å². The lowest BCUT2D eigenvalue weighted by atomic mass is 9.74. The molecule has 3 aromatic rings. The Morgan fingerprint density at radius 2 is 1.78 bits per heavy atom. The smallest absolute Gasteiger partial charge is 0.187 e. The fourth-order valence-electron chi connectivity index (χ4n) is 4.67. The highest BCUT2D eigenvalue weighted by Gasteiger charge is 2.34. The first-order valence-corrected chi connectivity index (χ1v) is 11.2. The molecule has 0 atom stereocenters. The number of benzene rings is 1. The van der Waals surface area contributed by atoms with E-state index in [4.69, 9.17) is 6.57 Å². The van der Waals surface area contributed by atoms with Gasteiger partial charge in [0.15, 0.2) is 5.69 Å². The van der Waals surface area contributed by atoms with Crippen LogP contribution in [0.2, 0.25) is 0 Å². The number of aliphatic hydroxyl groups excluding tert-OH is 1. The van der Waals surface area contributed by atoms with E-state index in [1.54, 1.807) is 0 Å². The lowest BCUT2D eigenvalue weighted by Crippen LogP contribution is -2.43. The molecule has 2 aromatic heterocycles. The first-order valence-electron chi connectivity index (χ1n) is 11.2. The minimum absolute atomic E-state index is 0.0505. The fraction of sp³-hybridized carbons (Fsp3) is 0.423. The molecular weight excluding hydrogens is 398 g/mol. The Kier molecular flexibility index (Phi) is 6.69. The molecule has 6 heteroatoms. The van der Waals surface area contributed by atoms with E-state index >= 15 is 0 Å². The van der Waals surface area contributed by atoms with Gasteiger partial charge in [-0.3, -0.25) is 9.88 Å². The van der Waals surface area contributed by atoms with Gasteiger partial charge in [0.2, 0.25) is 0 Å². The van der Waals surface area contributed by atoms with E-state index in [9.17, 15) is 5.11 Å². The van der Waals surface area contributed by atoms with Crippen LogP contribution in [0.1, 0.15) is 41.2 Å². The zero-order valence-electron chi connectivity index (χ0n) is 19.0. The summed E-state index contributed by atoms with van der Waals surface area (Å²) in [6.07, 6.45) is 6.71. The van der Waals surface area contributed by atoms with Crippen LogP contribution in [-0.4, -0.2) is 44.2 Å². The van der Waals surface area contributed by atoms with Crippen molar-refractivity contribution in [1.29, 1.82) is 0 Å². The van der Waals surface area contributed by atoms with Gasteiger partial charge in [0.05, 0.1) is 12.3 Å². The predicted octanol–water partition coefficient (Wildman–Crippen LogP) is 4.31. The molecule has 32 heavy (non-hydrogen) atoms. The molecule has 6 nitrogen and oxygen atoms in total. The van der Waals surface area contributed by atoms with E-state index in [-0.39, 0.29) is 12.0 Å². The highest BCUT2D eigenvalue weighted by atomic mass is 16.3. The average molecular weight is 430 g/mol. The zero-order valence-corrected chi connectivity index (χ0v) is 19.0. The van der Waals surface area contributed by atoms with Gasteiger partial charge in [-0.1, -0.05) is 24.3 Å². The van der Waals surface area contributed by atoms with E-state index in [1.165, 1.54) is 16.8 Å².